The van der Waals surface area contributed by atoms with E-state index in [1.807, 2.05) is 0 Å². The predicted octanol–water partition coefficient (Wildman–Crippen LogP) is 1.58. The van der Waals surface area contributed by atoms with E-state index in [1.165, 1.54) is 31.4 Å². The van der Waals surface area contributed by atoms with Gasteiger partial charge in [0.05, 0.1) is 17.7 Å². The van der Waals surface area contributed by atoms with E-state index in [2.05, 4.69) is 10.5 Å². The predicted molar refractivity (Wildman–Crippen MR) is 82.2 cm³/mol. The van der Waals surface area contributed by atoms with Gasteiger partial charge in [-0.25, -0.2) is 8.42 Å². The lowest BCUT2D eigenvalue weighted by molar-refractivity contribution is -0.114. The van der Waals surface area contributed by atoms with Gasteiger partial charge >= 0.3 is 0 Å². The number of amides is 1. The number of hydrogen-bond acceptors (Lipinski definition) is 6. The number of sulfone groups is 1. The van der Waals surface area contributed by atoms with Crippen LogP contribution in [-0.2, 0) is 27.5 Å². The number of ether oxygens (including phenoxy) is 1. The number of rotatable bonds is 5. The van der Waals surface area contributed by atoms with Crippen LogP contribution in [0.2, 0.25) is 0 Å². The summed E-state index contributed by atoms with van der Waals surface area (Å²) in [6.45, 7) is 0. The van der Waals surface area contributed by atoms with Crippen molar-refractivity contribution in [1.29, 1.82) is 0 Å². The van der Waals surface area contributed by atoms with Crippen LogP contribution in [0.3, 0.4) is 0 Å². The van der Waals surface area contributed by atoms with E-state index in [4.69, 9.17) is 9.26 Å². The highest BCUT2D eigenvalue weighted by atomic mass is 32.2. The van der Waals surface area contributed by atoms with E-state index >= 15 is 0 Å². The fourth-order valence-corrected chi connectivity index (χ4v) is 3.66. The Bertz CT molecular complexity index is 824. The Balaban J connectivity index is 1.70. The molecule has 0 spiro atoms. The number of fused-ring (bicyclic) bond motifs is 1. The van der Waals surface area contributed by atoms with Gasteiger partial charge in [0, 0.05) is 5.56 Å². The van der Waals surface area contributed by atoms with Gasteiger partial charge in [0.1, 0.15) is 11.5 Å². The highest BCUT2D eigenvalue weighted by Crippen LogP contribution is 2.28. The molecule has 122 valence electrons. The zero-order valence-electron chi connectivity index (χ0n) is 12.5. The van der Waals surface area contributed by atoms with Crippen molar-refractivity contribution in [3.05, 3.63) is 35.5 Å². The average molecular weight is 336 g/mol. The summed E-state index contributed by atoms with van der Waals surface area (Å²) in [5.41, 5.74) is 1.69. The second kappa shape index (κ2) is 6.04. The summed E-state index contributed by atoms with van der Waals surface area (Å²) in [6.07, 6.45) is 2.56. The minimum Gasteiger partial charge on any atom is -0.497 e. The van der Waals surface area contributed by atoms with Gasteiger partial charge < -0.3 is 9.26 Å². The van der Waals surface area contributed by atoms with Crippen molar-refractivity contribution in [3.63, 3.8) is 0 Å². The molecule has 0 atom stereocenters. The lowest BCUT2D eigenvalue weighted by Gasteiger charge is -2.06. The molecule has 7 nitrogen and oxygen atoms in total. The number of methoxy groups -OCH3 is 1. The summed E-state index contributed by atoms with van der Waals surface area (Å²) in [5, 5.41) is 6.37. The first-order valence-electron chi connectivity index (χ1n) is 7.13. The van der Waals surface area contributed by atoms with Crippen LogP contribution in [-0.4, -0.2) is 32.3 Å². The van der Waals surface area contributed by atoms with Crippen LogP contribution in [0.15, 0.2) is 33.7 Å². The Morgan fingerprint density at radius 3 is 2.74 bits per heavy atom. The molecule has 8 heteroatoms. The number of nitrogens with zero attached hydrogens (tertiary/aromatic N) is 1. The van der Waals surface area contributed by atoms with Crippen molar-refractivity contribution in [1.82, 2.24) is 5.16 Å². The van der Waals surface area contributed by atoms with Gasteiger partial charge in [-0.05, 0) is 43.5 Å². The van der Waals surface area contributed by atoms with E-state index in [-0.39, 0.29) is 10.8 Å². The largest absolute Gasteiger partial charge is 0.497 e. The van der Waals surface area contributed by atoms with Crippen LogP contribution in [0.25, 0.3) is 0 Å². The molecule has 1 amide bonds. The van der Waals surface area contributed by atoms with Crippen molar-refractivity contribution in [2.24, 2.45) is 0 Å². The third kappa shape index (κ3) is 3.21. The van der Waals surface area contributed by atoms with E-state index < -0.39 is 21.5 Å². The first kappa shape index (κ1) is 15.5. The zero-order valence-corrected chi connectivity index (χ0v) is 13.4. The highest BCUT2D eigenvalue weighted by molar-refractivity contribution is 7.92. The van der Waals surface area contributed by atoms with Gasteiger partial charge in [-0.3, -0.25) is 10.1 Å². The van der Waals surface area contributed by atoms with Crippen LogP contribution < -0.4 is 10.1 Å². The summed E-state index contributed by atoms with van der Waals surface area (Å²) in [5.74, 6) is -0.501. The molecule has 1 aromatic carbocycles. The van der Waals surface area contributed by atoms with E-state index in [0.29, 0.717) is 5.75 Å². The maximum atomic E-state index is 12.3. The first-order chi connectivity index (χ1) is 11.0. The first-order valence-corrected chi connectivity index (χ1v) is 8.79. The number of hydrogen-bond donors (Lipinski definition) is 1. The summed E-state index contributed by atoms with van der Waals surface area (Å²) < 4.78 is 34.6. The van der Waals surface area contributed by atoms with Crippen molar-refractivity contribution in [2.45, 2.75) is 24.2 Å². The summed E-state index contributed by atoms with van der Waals surface area (Å²) >= 11 is 0. The lowest BCUT2D eigenvalue weighted by Crippen LogP contribution is -2.23. The molecule has 0 radical (unpaired) electrons. The lowest BCUT2D eigenvalue weighted by atomic mass is 10.2. The second-order valence-electron chi connectivity index (χ2n) is 5.27. The molecule has 3 rings (SSSR count). The van der Waals surface area contributed by atoms with Crippen LogP contribution in [0.4, 0.5) is 5.88 Å². The van der Waals surface area contributed by atoms with Gasteiger partial charge in [0.2, 0.25) is 11.8 Å². The number of anilines is 1. The van der Waals surface area contributed by atoms with Gasteiger partial charge in [-0.15, -0.1) is 0 Å². The molecule has 0 unspecified atom stereocenters. The number of aryl methyl sites for hydroxylation is 1. The molecule has 23 heavy (non-hydrogen) atoms. The Morgan fingerprint density at radius 1 is 1.30 bits per heavy atom. The van der Waals surface area contributed by atoms with Gasteiger partial charge in [-0.1, -0.05) is 5.16 Å². The molecule has 0 fully saturated rings. The zero-order chi connectivity index (χ0) is 16.4. The monoisotopic (exact) mass is 336 g/mol. The van der Waals surface area contributed by atoms with Crippen LogP contribution in [0, 0.1) is 0 Å². The smallest absolute Gasteiger partial charge is 0.242 e. The maximum absolute atomic E-state index is 12.3. The molecular formula is C15H16N2O5S. The number of carbonyl (C=O) groups is 1. The topological polar surface area (TPSA) is 98.5 Å². The Morgan fingerprint density at radius 2 is 2.04 bits per heavy atom. The number of carbonyl (C=O) groups excluding carboxylic acids is 1. The third-order valence-electron chi connectivity index (χ3n) is 3.70. The van der Waals surface area contributed by atoms with Gasteiger partial charge in [-0.2, -0.15) is 0 Å². The molecule has 0 aliphatic heterocycles. The summed E-state index contributed by atoms with van der Waals surface area (Å²) in [7, 11) is -2.24. The second-order valence-corrected chi connectivity index (χ2v) is 7.26. The normalized spacial score (nSPS) is 13.6. The van der Waals surface area contributed by atoms with Crippen molar-refractivity contribution in [2.75, 3.05) is 18.2 Å². The van der Waals surface area contributed by atoms with Crippen LogP contribution in [0.1, 0.15) is 17.7 Å². The molecular weight excluding hydrogens is 320 g/mol. The van der Waals surface area contributed by atoms with Gasteiger partial charge in [0.25, 0.3) is 0 Å². The molecule has 1 N–H and O–H groups in total. The molecule has 0 saturated heterocycles. The molecule has 0 bridgehead atoms. The molecule has 2 aromatic rings. The number of nitrogens with one attached hydrogen (secondary N) is 1. The van der Waals surface area contributed by atoms with Crippen LogP contribution >= 0.6 is 0 Å². The standard InChI is InChI=1S/C15H16N2O5S/c1-21-10-5-7-11(8-6-10)23(19,20)9-14(18)16-15-12-3-2-4-13(12)17-22-15/h5-8H,2-4,9H2,1H3,(H,16,18). The number of benzene rings is 1. The molecule has 0 saturated carbocycles. The molecule has 1 aliphatic rings. The average Bonchev–Trinajstić information content (AvgIpc) is 3.12. The highest BCUT2D eigenvalue weighted by Gasteiger charge is 2.25. The maximum Gasteiger partial charge on any atom is 0.242 e. The molecule has 1 heterocycles. The van der Waals surface area contributed by atoms with Crippen molar-refractivity contribution in [3.8, 4) is 5.75 Å². The van der Waals surface area contributed by atoms with Crippen molar-refractivity contribution >= 4 is 21.6 Å². The van der Waals surface area contributed by atoms with E-state index in [9.17, 15) is 13.2 Å². The Kier molecular flexibility index (Phi) is 4.08. The fraction of sp³-hybridized carbons (Fsp3) is 0.333. The van der Waals surface area contributed by atoms with E-state index in [1.54, 1.807) is 0 Å². The molecule has 1 aliphatic carbocycles. The Labute approximate surface area is 133 Å². The summed E-state index contributed by atoms with van der Waals surface area (Å²) in [4.78, 5) is 12.1. The third-order valence-corrected chi connectivity index (χ3v) is 5.34. The Hall–Kier alpha value is -2.35. The quantitative estimate of drug-likeness (QED) is 0.890. The minimum atomic E-state index is -3.73. The van der Waals surface area contributed by atoms with Crippen molar-refractivity contribution < 1.29 is 22.5 Å². The minimum absolute atomic E-state index is 0.0660. The van der Waals surface area contributed by atoms with E-state index in [0.717, 1.165) is 30.5 Å². The van der Waals surface area contributed by atoms with Crippen LogP contribution in [0.5, 0.6) is 5.75 Å². The van der Waals surface area contributed by atoms with Gasteiger partial charge in [0.15, 0.2) is 9.84 Å². The summed E-state index contributed by atoms with van der Waals surface area (Å²) in [6, 6.07) is 5.89. The molecule has 1 aromatic heterocycles. The number of aromatic nitrogens is 1. The SMILES string of the molecule is COc1ccc(S(=O)(=O)CC(=O)Nc2onc3c2CCC3)cc1. The fourth-order valence-electron chi connectivity index (χ4n) is 2.53.